The minimum absolute atomic E-state index is 0.0924. The second kappa shape index (κ2) is 9.21. The van der Waals surface area contributed by atoms with Crippen molar-refractivity contribution >= 4 is 17.7 Å². The van der Waals surface area contributed by atoms with Gasteiger partial charge in [-0.2, -0.15) is 0 Å². The maximum absolute atomic E-state index is 12.6. The average molecular weight is 383 g/mol. The summed E-state index contributed by atoms with van der Waals surface area (Å²) in [6, 6.07) is 11.1. The third-order valence-electron chi connectivity index (χ3n) is 4.75. The smallest absolute Gasteiger partial charge is 0.339 e. The van der Waals surface area contributed by atoms with Crippen molar-refractivity contribution in [1.29, 1.82) is 0 Å². The Morgan fingerprint density at radius 1 is 1.07 bits per heavy atom. The van der Waals surface area contributed by atoms with Gasteiger partial charge in [0, 0.05) is 37.9 Å². The number of carbonyl (C=O) groups is 2. The lowest BCUT2D eigenvalue weighted by atomic mass is 10.1. The largest absolute Gasteiger partial charge is 0.496 e. The van der Waals surface area contributed by atoms with Gasteiger partial charge in [-0.1, -0.05) is 18.2 Å². The molecule has 0 N–H and O–H groups in total. The Bertz CT molecular complexity index is 815. The summed E-state index contributed by atoms with van der Waals surface area (Å²) in [6.45, 7) is 4.77. The van der Waals surface area contributed by atoms with Crippen LogP contribution in [0.25, 0.3) is 0 Å². The second-order valence-corrected chi connectivity index (χ2v) is 6.48. The van der Waals surface area contributed by atoms with Gasteiger partial charge in [-0.25, -0.2) is 9.78 Å². The molecule has 2 aromatic rings. The number of esters is 1. The number of nitrogens with zero attached hydrogens (tertiary/aromatic N) is 3. The summed E-state index contributed by atoms with van der Waals surface area (Å²) in [5, 5.41) is 0. The molecule has 0 atom stereocenters. The van der Waals surface area contributed by atoms with E-state index < -0.39 is 0 Å². The summed E-state index contributed by atoms with van der Waals surface area (Å²) in [7, 11) is 1.61. The van der Waals surface area contributed by atoms with Gasteiger partial charge in [0.2, 0.25) is 5.91 Å². The number of benzene rings is 1. The van der Waals surface area contributed by atoms with Crippen LogP contribution in [0.3, 0.4) is 0 Å². The van der Waals surface area contributed by atoms with Crippen molar-refractivity contribution in [2.75, 3.05) is 44.8 Å². The van der Waals surface area contributed by atoms with Crippen LogP contribution in [0.15, 0.2) is 42.6 Å². The van der Waals surface area contributed by atoms with Crippen molar-refractivity contribution in [2.45, 2.75) is 13.3 Å². The van der Waals surface area contributed by atoms with E-state index in [4.69, 9.17) is 9.47 Å². The highest BCUT2D eigenvalue weighted by molar-refractivity contribution is 5.89. The molecule has 1 aromatic carbocycles. The number of ether oxygens (including phenoxy) is 2. The first kappa shape index (κ1) is 19.7. The predicted octanol–water partition coefficient (Wildman–Crippen LogP) is 2.16. The Kier molecular flexibility index (Phi) is 6.47. The van der Waals surface area contributed by atoms with Crippen LogP contribution in [-0.2, 0) is 16.0 Å². The fourth-order valence-corrected chi connectivity index (χ4v) is 3.22. The van der Waals surface area contributed by atoms with E-state index in [0.717, 1.165) is 17.1 Å². The fraction of sp³-hybridized carbons (Fsp3) is 0.381. The van der Waals surface area contributed by atoms with Crippen molar-refractivity contribution in [3.8, 4) is 5.75 Å². The first-order valence-electron chi connectivity index (χ1n) is 9.40. The molecule has 7 nitrogen and oxygen atoms in total. The Morgan fingerprint density at radius 2 is 1.82 bits per heavy atom. The number of para-hydroxylation sites is 1. The van der Waals surface area contributed by atoms with Gasteiger partial charge in [0.05, 0.1) is 25.7 Å². The van der Waals surface area contributed by atoms with Crippen LogP contribution in [0, 0.1) is 0 Å². The zero-order valence-electron chi connectivity index (χ0n) is 16.3. The van der Waals surface area contributed by atoms with E-state index in [-0.39, 0.29) is 11.9 Å². The molecule has 28 heavy (non-hydrogen) atoms. The van der Waals surface area contributed by atoms with E-state index in [1.165, 1.54) is 6.20 Å². The van der Waals surface area contributed by atoms with Crippen molar-refractivity contribution in [3.05, 3.63) is 53.7 Å². The lowest BCUT2D eigenvalue weighted by Gasteiger charge is -2.35. The van der Waals surface area contributed by atoms with E-state index in [1.807, 2.05) is 35.2 Å². The van der Waals surface area contributed by atoms with Crippen molar-refractivity contribution < 1.29 is 19.1 Å². The molecule has 1 saturated heterocycles. The van der Waals surface area contributed by atoms with Crippen LogP contribution in [0.5, 0.6) is 5.75 Å². The molecule has 1 amide bonds. The highest BCUT2D eigenvalue weighted by Crippen LogP contribution is 2.20. The Hall–Kier alpha value is -3.09. The van der Waals surface area contributed by atoms with Crippen LogP contribution in [0.4, 0.5) is 5.82 Å². The number of piperazine rings is 1. The topological polar surface area (TPSA) is 72.0 Å². The van der Waals surface area contributed by atoms with Crippen LogP contribution < -0.4 is 9.64 Å². The van der Waals surface area contributed by atoms with Gasteiger partial charge in [-0.3, -0.25) is 4.79 Å². The molecule has 1 fully saturated rings. The van der Waals surface area contributed by atoms with E-state index in [2.05, 4.69) is 9.88 Å². The predicted molar refractivity (Wildman–Crippen MR) is 106 cm³/mol. The first-order valence-corrected chi connectivity index (χ1v) is 9.40. The summed E-state index contributed by atoms with van der Waals surface area (Å²) in [5.41, 5.74) is 1.34. The molecular weight excluding hydrogens is 358 g/mol. The molecule has 148 valence electrons. The zero-order valence-corrected chi connectivity index (χ0v) is 16.3. The quantitative estimate of drug-likeness (QED) is 0.712. The number of rotatable bonds is 6. The second-order valence-electron chi connectivity index (χ2n) is 6.48. The van der Waals surface area contributed by atoms with Crippen LogP contribution in [0.2, 0.25) is 0 Å². The van der Waals surface area contributed by atoms with Crippen LogP contribution in [-0.4, -0.2) is 61.7 Å². The van der Waals surface area contributed by atoms with E-state index in [9.17, 15) is 9.59 Å². The molecule has 1 aromatic heterocycles. The molecule has 2 heterocycles. The summed E-state index contributed by atoms with van der Waals surface area (Å²) in [5.74, 6) is 1.26. The molecule has 7 heteroatoms. The number of carbonyl (C=O) groups excluding carboxylic acids is 2. The highest BCUT2D eigenvalue weighted by Gasteiger charge is 2.23. The highest BCUT2D eigenvalue weighted by atomic mass is 16.5. The molecule has 1 aliphatic rings. The zero-order chi connectivity index (χ0) is 19.9. The van der Waals surface area contributed by atoms with E-state index in [1.54, 1.807) is 20.1 Å². The van der Waals surface area contributed by atoms with Crippen LogP contribution in [0.1, 0.15) is 22.8 Å². The maximum Gasteiger partial charge on any atom is 0.339 e. The number of aromatic nitrogens is 1. The van der Waals surface area contributed by atoms with Gasteiger partial charge in [0.25, 0.3) is 0 Å². The average Bonchev–Trinajstić information content (AvgIpc) is 2.74. The molecule has 0 unspecified atom stereocenters. The van der Waals surface area contributed by atoms with Crippen molar-refractivity contribution in [3.63, 3.8) is 0 Å². The number of hydrogen-bond donors (Lipinski definition) is 0. The van der Waals surface area contributed by atoms with Gasteiger partial charge < -0.3 is 19.3 Å². The van der Waals surface area contributed by atoms with Gasteiger partial charge in [0.1, 0.15) is 11.6 Å². The van der Waals surface area contributed by atoms with Gasteiger partial charge in [-0.15, -0.1) is 0 Å². The molecule has 0 radical (unpaired) electrons. The summed E-state index contributed by atoms with van der Waals surface area (Å²) < 4.78 is 10.3. The molecule has 0 saturated carbocycles. The Morgan fingerprint density at radius 3 is 2.46 bits per heavy atom. The number of anilines is 1. The molecule has 0 bridgehead atoms. The van der Waals surface area contributed by atoms with Crippen molar-refractivity contribution in [2.24, 2.45) is 0 Å². The normalized spacial score (nSPS) is 13.9. The Labute approximate surface area is 164 Å². The minimum atomic E-state index is -0.367. The summed E-state index contributed by atoms with van der Waals surface area (Å²) in [4.78, 5) is 32.7. The monoisotopic (exact) mass is 383 g/mol. The SMILES string of the molecule is CCOC(=O)c1ccc(N2CCN(C(=O)Cc3ccccc3OC)CC2)nc1. The fourth-order valence-electron chi connectivity index (χ4n) is 3.22. The number of pyridine rings is 1. The van der Waals surface area contributed by atoms with Gasteiger partial charge >= 0.3 is 5.97 Å². The molecule has 0 aliphatic carbocycles. The summed E-state index contributed by atoms with van der Waals surface area (Å²) in [6.07, 6.45) is 1.86. The van der Waals surface area contributed by atoms with Gasteiger partial charge in [-0.05, 0) is 25.1 Å². The standard InChI is InChI=1S/C21H25N3O4/c1-3-28-21(26)17-8-9-19(22-15-17)23-10-12-24(13-11-23)20(25)14-16-6-4-5-7-18(16)27-2/h4-9,15H,3,10-14H2,1-2H3. The number of hydrogen-bond acceptors (Lipinski definition) is 6. The van der Waals surface area contributed by atoms with Gasteiger partial charge in [0.15, 0.2) is 0 Å². The summed E-state index contributed by atoms with van der Waals surface area (Å²) >= 11 is 0. The van der Waals surface area contributed by atoms with E-state index in [0.29, 0.717) is 44.8 Å². The van der Waals surface area contributed by atoms with E-state index >= 15 is 0 Å². The number of methoxy groups -OCH3 is 1. The number of amides is 1. The maximum atomic E-state index is 12.6. The minimum Gasteiger partial charge on any atom is -0.496 e. The lowest BCUT2D eigenvalue weighted by Crippen LogP contribution is -2.49. The molecular formula is C21H25N3O4. The molecule has 3 rings (SSSR count). The lowest BCUT2D eigenvalue weighted by molar-refractivity contribution is -0.130. The Balaban J connectivity index is 1.55. The third-order valence-corrected chi connectivity index (χ3v) is 4.75. The van der Waals surface area contributed by atoms with Crippen molar-refractivity contribution in [1.82, 2.24) is 9.88 Å². The first-order chi connectivity index (χ1) is 13.6. The molecule has 0 spiro atoms. The van der Waals surface area contributed by atoms with Crippen LogP contribution >= 0.6 is 0 Å². The third kappa shape index (κ3) is 4.60. The molecule has 1 aliphatic heterocycles.